The first-order chi connectivity index (χ1) is 14.7. The highest BCUT2D eigenvalue weighted by atomic mass is 32.2. The molecule has 0 spiro atoms. The fourth-order valence-corrected chi connectivity index (χ4v) is 5.08. The van der Waals surface area contributed by atoms with Crippen molar-refractivity contribution in [2.45, 2.75) is 31.2 Å². The van der Waals surface area contributed by atoms with Crippen molar-refractivity contribution in [3.8, 4) is 0 Å². The molecule has 1 fully saturated rings. The Kier molecular flexibility index (Phi) is 7.12. The van der Waals surface area contributed by atoms with Gasteiger partial charge in [0.05, 0.1) is 4.90 Å². The fourth-order valence-electron chi connectivity index (χ4n) is 3.61. The minimum absolute atomic E-state index is 0.0421. The molecule has 1 heterocycles. The molecular weight excluding hydrogens is 414 g/mol. The van der Waals surface area contributed by atoms with Crippen molar-refractivity contribution >= 4 is 27.4 Å². The number of carbonyl (C=O) groups is 2. The van der Waals surface area contributed by atoms with Gasteiger partial charge in [0.2, 0.25) is 15.9 Å². The van der Waals surface area contributed by atoms with E-state index in [-0.39, 0.29) is 22.5 Å². The van der Waals surface area contributed by atoms with Crippen LogP contribution in [0.2, 0.25) is 0 Å². The largest absolute Gasteiger partial charge is 0.378 e. The van der Waals surface area contributed by atoms with Gasteiger partial charge in [0.1, 0.15) is 0 Å². The number of piperidine rings is 1. The van der Waals surface area contributed by atoms with E-state index in [1.165, 1.54) is 35.5 Å². The van der Waals surface area contributed by atoms with Gasteiger partial charge < -0.3 is 10.2 Å². The van der Waals surface area contributed by atoms with Gasteiger partial charge in [0.25, 0.3) is 0 Å². The molecule has 0 atom stereocenters. The molecule has 2 aromatic rings. The summed E-state index contributed by atoms with van der Waals surface area (Å²) < 4.78 is 27.2. The number of anilines is 1. The van der Waals surface area contributed by atoms with Crippen LogP contribution >= 0.6 is 0 Å². The second-order valence-electron chi connectivity index (χ2n) is 8.04. The van der Waals surface area contributed by atoms with Crippen LogP contribution in [0.4, 0.5) is 5.69 Å². The highest BCUT2D eigenvalue weighted by molar-refractivity contribution is 7.89. The van der Waals surface area contributed by atoms with Gasteiger partial charge in [-0.2, -0.15) is 4.31 Å². The molecule has 1 aliphatic rings. The van der Waals surface area contributed by atoms with Crippen molar-refractivity contribution in [1.82, 2.24) is 9.62 Å². The van der Waals surface area contributed by atoms with Crippen LogP contribution < -0.4 is 10.2 Å². The standard InChI is InChI=1S/C23H29N3O4S/c1-17(27)19-6-10-22(11-7-19)31(29,30)26-14-12-20(13-15-26)23(28)24-16-18-4-8-21(9-5-18)25(2)3/h4-11,20H,12-16H2,1-3H3,(H,24,28). The number of amides is 1. The molecule has 1 amide bonds. The van der Waals surface area contributed by atoms with Crippen molar-refractivity contribution < 1.29 is 18.0 Å². The summed E-state index contributed by atoms with van der Waals surface area (Å²) in [6, 6.07) is 14.0. The van der Waals surface area contributed by atoms with Crippen LogP contribution in [-0.2, 0) is 21.4 Å². The first-order valence-electron chi connectivity index (χ1n) is 10.3. The number of sulfonamides is 1. The number of benzene rings is 2. The second-order valence-corrected chi connectivity index (χ2v) is 9.98. The normalized spacial score (nSPS) is 15.5. The number of hydrogen-bond donors (Lipinski definition) is 1. The van der Waals surface area contributed by atoms with Gasteiger partial charge in [0, 0.05) is 50.9 Å². The van der Waals surface area contributed by atoms with Gasteiger partial charge in [0.15, 0.2) is 5.78 Å². The molecule has 1 N–H and O–H groups in total. The highest BCUT2D eigenvalue weighted by Crippen LogP contribution is 2.24. The number of hydrogen-bond acceptors (Lipinski definition) is 5. The molecule has 166 valence electrons. The predicted molar refractivity (Wildman–Crippen MR) is 121 cm³/mol. The van der Waals surface area contributed by atoms with E-state index in [9.17, 15) is 18.0 Å². The van der Waals surface area contributed by atoms with Crippen molar-refractivity contribution in [2.24, 2.45) is 5.92 Å². The quantitative estimate of drug-likeness (QED) is 0.665. The molecule has 3 rings (SSSR count). The molecule has 8 heteroatoms. The lowest BCUT2D eigenvalue weighted by Crippen LogP contribution is -2.42. The van der Waals surface area contributed by atoms with Gasteiger partial charge >= 0.3 is 0 Å². The summed E-state index contributed by atoms with van der Waals surface area (Å²) in [5.74, 6) is -0.350. The van der Waals surface area contributed by atoms with E-state index in [2.05, 4.69) is 5.32 Å². The first-order valence-corrected chi connectivity index (χ1v) is 11.8. The Hall–Kier alpha value is -2.71. The minimum atomic E-state index is -3.63. The summed E-state index contributed by atoms with van der Waals surface area (Å²) in [4.78, 5) is 26.1. The second kappa shape index (κ2) is 9.62. The van der Waals surface area contributed by atoms with Gasteiger partial charge in [-0.25, -0.2) is 8.42 Å². The summed E-state index contributed by atoms with van der Waals surface area (Å²) in [5.41, 5.74) is 2.60. The van der Waals surface area contributed by atoms with E-state index in [0.29, 0.717) is 38.0 Å². The molecule has 7 nitrogen and oxygen atoms in total. The molecule has 0 radical (unpaired) electrons. The Labute approximate surface area is 184 Å². The van der Waals surface area contributed by atoms with E-state index in [0.717, 1.165) is 11.3 Å². The van der Waals surface area contributed by atoms with Gasteiger partial charge in [-0.15, -0.1) is 0 Å². The zero-order valence-corrected chi connectivity index (χ0v) is 19.0. The Bertz CT molecular complexity index is 1020. The smallest absolute Gasteiger partial charge is 0.243 e. The molecule has 0 aromatic heterocycles. The number of carbonyl (C=O) groups excluding carboxylic acids is 2. The number of rotatable bonds is 7. The van der Waals surface area contributed by atoms with Crippen LogP contribution in [-0.4, -0.2) is 51.6 Å². The molecule has 0 bridgehead atoms. The predicted octanol–water partition coefficient (Wildman–Crippen LogP) is 2.67. The lowest BCUT2D eigenvalue weighted by atomic mass is 9.97. The lowest BCUT2D eigenvalue weighted by molar-refractivity contribution is -0.126. The maximum absolute atomic E-state index is 12.9. The number of Topliss-reactive ketones (excluding diaryl/α,β-unsaturated/α-hetero) is 1. The van der Waals surface area contributed by atoms with Crippen molar-refractivity contribution in [3.05, 3.63) is 59.7 Å². The molecule has 2 aromatic carbocycles. The third-order valence-corrected chi connectivity index (χ3v) is 7.56. The van der Waals surface area contributed by atoms with E-state index >= 15 is 0 Å². The summed E-state index contributed by atoms with van der Waals surface area (Å²) in [5, 5.41) is 2.97. The molecule has 0 saturated carbocycles. The van der Waals surface area contributed by atoms with Crippen LogP contribution in [0.1, 0.15) is 35.7 Å². The average molecular weight is 444 g/mol. The maximum atomic E-state index is 12.9. The van der Waals surface area contributed by atoms with Crippen LogP contribution in [0.15, 0.2) is 53.4 Å². The summed E-state index contributed by atoms with van der Waals surface area (Å²) in [7, 11) is 0.320. The summed E-state index contributed by atoms with van der Waals surface area (Å²) in [6.07, 6.45) is 0.965. The van der Waals surface area contributed by atoms with E-state index < -0.39 is 10.0 Å². The highest BCUT2D eigenvalue weighted by Gasteiger charge is 2.32. The number of nitrogens with one attached hydrogen (secondary N) is 1. The Morgan fingerprint density at radius 3 is 2.10 bits per heavy atom. The van der Waals surface area contributed by atoms with Gasteiger partial charge in [-0.05, 0) is 49.6 Å². The van der Waals surface area contributed by atoms with E-state index in [1.807, 2.05) is 43.3 Å². The average Bonchev–Trinajstić information content (AvgIpc) is 2.77. The van der Waals surface area contributed by atoms with E-state index in [1.54, 1.807) is 0 Å². The monoisotopic (exact) mass is 443 g/mol. The zero-order chi connectivity index (χ0) is 22.6. The van der Waals surface area contributed by atoms with Crippen molar-refractivity contribution in [2.75, 3.05) is 32.1 Å². The third-order valence-electron chi connectivity index (χ3n) is 5.64. The van der Waals surface area contributed by atoms with Crippen molar-refractivity contribution in [3.63, 3.8) is 0 Å². The SMILES string of the molecule is CC(=O)c1ccc(S(=O)(=O)N2CCC(C(=O)NCc3ccc(N(C)C)cc3)CC2)cc1. The van der Waals surface area contributed by atoms with E-state index in [4.69, 9.17) is 0 Å². The topological polar surface area (TPSA) is 86.8 Å². The van der Waals surface area contributed by atoms with Crippen LogP contribution in [0.25, 0.3) is 0 Å². The molecule has 0 aliphatic carbocycles. The minimum Gasteiger partial charge on any atom is -0.378 e. The molecule has 1 saturated heterocycles. The molecule has 31 heavy (non-hydrogen) atoms. The number of nitrogens with zero attached hydrogens (tertiary/aromatic N) is 2. The summed E-state index contributed by atoms with van der Waals surface area (Å²) >= 11 is 0. The first kappa shape index (κ1) is 23.0. The van der Waals surface area contributed by atoms with Gasteiger partial charge in [-0.1, -0.05) is 24.3 Å². The maximum Gasteiger partial charge on any atom is 0.243 e. The Balaban J connectivity index is 1.53. The van der Waals surface area contributed by atoms with Crippen LogP contribution in [0.3, 0.4) is 0 Å². The Morgan fingerprint density at radius 2 is 1.58 bits per heavy atom. The van der Waals surface area contributed by atoms with Crippen LogP contribution in [0.5, 0.6) is 0 Å². The number of ketones is 1. The molecular formula is C23H29N3O4S. The van der Waals surface area contributed by atoms with Gasteiger partial charge in [-0.3, -0.25) is 9.59 Å². The Morgan fingerprint density at radius 1 is 1.00 bits per heavy atom. The van der Waals surface area contributed by atoms with Crippen LogP contribution in [0, 0.1) is 5.92 Å². The van der Waals surface area contributed by atoms with Crippen molar-refractivity contribution in [1.29, 1.82) is 0 Å². The summed E-state index contributed by atoms with van der Waals surface area (Å²) in [6.45, 7) is 2.49. The molecule has 0 unspecified atom stereocenters. The molecule has 1 aliphatic heterocycles. The fraction of sp³-hybridized carbons (Fsp3) is 0.391. The lowest BCUT2D eigenvalue weighted by Gasteiger charge is -2.30. The zero-order valence-electron chi connectivity index (χ0n) is 18.2. The third kappa shape index (κ3) is 5.51.